The number of rotatable bonds is 3. The van der Waals surface area contributed by atoms with Gasteiger partial charge in [-0.2, -0.15) is 0 Å². The second-order valence-electron chi connectivity index (χ2n) is 4.17. The van der Waals surface area contributed by atoms with Crippen LogP contribution in [0.15, 0.2) is 0 Å². The average molecular weight is 174 g/mol. The fraction of sp³-hybridized carbons (Fsp3) is 0.900. The van der Waals surface area contributed by atoms with Gasteiger partial charge in [0.2, 0.25) is 0 Å². The molecule has 0 saturated heterocycles. The van der Waals surface area contributed by atoms with Crippen LogP contribution in [0.3, 0.4) is 0 Å². The molecule has 11 heavy (non-hydrogen) atoms. The van der Waals surface area contributed by atoms with Gasteiger partial charge in [0.15, 0.2) is 0 Å². The van der Waals surface area contributed by atoms with Gasteiger partial charge in [-0.05, 0) is 24.2 Å². The molecule has 0 saturated carbocycles. The standard InChI is InChI=1S/C10H23P/c1-7-8-11(6)10(4,5)9(2)3/h8-9,11H,7H2,1-6H3. The maximum absolute atomic E-state index is 2.52. The first-order chi connectivity index (χ1) is 4.92. The van der Waals surface area contributed by atoms with Crippen LogP contribution in [-0.2, 0) is 0 Å². The summed E-state index contributed by atoms with van der Waals surface area (Å²) >= 11 is 0. The predicted molar refractivity (Wildman–Crippen MR) is 59.5 cm³/mol. The minimum Gasteiger partial charge on any atom is -0.119 e. The Hall–Kier alpha value is 0.300. The van der Waals surface area contributed by atoms with E-state index >= 15 is 0 Å². The zero-order chi connectivity index (χ0) is 9.07. The molecule has 0 heterocycles. The summed E-state index contributed by atoms with van der Waals surface area (Å²) in [5.74, 6) is 3.33. The molecular weight excluding hydrogens is 151 g/mol. The van der Waals surface area contributed by atoms with E-state index in [-0.39, 0.29) is 7.55 Å². The molecule has 1 atom stereocenters. The Morgan fingerprint density at radius 3 is 2.09 bits per heavy atom. The first kappa shape index (κ1) is 11.3. The molecule has 1 heteroatoms. The van der Waals surface area contributed by atoms with E-state index in [4.69, 9.17) is 0 Å². The van der Waals surface area contributed by atoms with E-state index in [2.05, 4.69) is 47.1 Å². The van der Waals surface area contributed by atoms with Crippen molar-refractivity contribution in [3.8, 4) is 0 Å². The first-order valence-corrected chi connectivity index (χ1v) is 6.67. The van der Waals surface area contributed by atoms with Gasteiger partial charge in [0.25, 0.3) is 0 Å². The topological polar surface area (TPSA) is 0 Å². The largest absolute Gasteiger partial charge is 0.119 e. The predicted octanol–water partition coefficient (Wildman–Crippen LogP) is 3.48. The Morgan fingerprint density at radius 2 is 1.82 bits per heavy atom. The molecule has 0 nitrogen and oxygen atoms in total. The lowest BCUT2D eigenvalue weighted by atomic mass is 10.00. The second kappa shape index (κ2) is 4.36. The van der Waals surface area contributed by atoms with Gasteiger partial charge in [0.05, 0.1) is 0 Å². The van der Waals surface area contributed by atoms with Gasteiger partial charge in [0.1, 0.15) is 0 Å². The molecular formula is C10H23P. The Labute approximate surface area is 72.8 Å². The molecule has 0 aliphatic rings. The zero-order valence-corrected chi connectivity index (χ0v) is 9.86. The van der Waals surface area contributed by atoms with Crippen LogP contribution in [0.2, 0.25) is 0 Å². The van der Waals surface area contributed by atoms with Crippen LogP contribution in [0.5, 0.6) is 0 Å². The van der Waals surface area contributed by atoms with Crippen molar-refractivity contribution in [1.29, 1.82) is 0 Å². The van der Waals surface area contributed by atoms with Gasteiger partial charge in [-0.3, -0.25) is 0 Å². The summed E-state index contributed by atoms with van der Waals surface area (Å²) in [4.78, 5) is 0. The fourth-order valence-electron chi connectivity index (χ4n) is 1.02. The molecule has 0 fully saturated rings. The van der Waals surface area contributed by atoms with Crippen molar-refractivity contribution in [3.05, 3.63) is 0 Å². The Kier molecular flexibility index (Phi) is 4.48. The molecule has 1 unspecified atom stereocenters. The van der Waals surface area contributed by atoms with Crippen molar-refractivity contribution in [1.82, 2.24) is 0 Å². The summed E-state index contributed by atoms with van der Waals surface area (Å²) in [5, 5.41) is 0.556. The summed E-state index contributed by atoms with van der Waals surface area (Å²) in [6.07, 6.45) is 1.24. The summed E-state index contributed by atoms with van der Waals surface area (Å²) < 4.78 is 0. The quantitative estimate of drug-likeness (QED) is 0.575. The molecule has 68 valence electrons. The Bertz CT molecular complexity index is 143. The normalized spacial score (nSPS) is 15.9. The molecule has 0 N–H and O–H groups in total. The van der Waals surface area contributed by atoms with E-state index in [0.717, 1.165) is 5.92 Å². The van der Waals surface area contributed by atoms with Gasteiger partial charge in [-0.25, -0.2) is 0 Å². The van der Waals surface area contributed by atoms with Crippen molar-refractivity contribution < 1.29 is 0 Å². The summed E-state index contributed by atoms with van der Waals surface area (Å²) in [7, 11) is -0.241. The van der Waals surface area contributed by atoms with Crippen molar-refractivity contribution in [2.24, 2.45) is 5.92 Å². The molecule has 0 aliphatic heterocycles. The third-order valence-corrected chi connectivity index (χ3v) is 6.60. The smallest absolute Gasteiger partial charge is 0.0160 e. The number of hydrogen-bond acceptors (Lipinski definition) is 0. The highest BCUT2D eigenvalue weighted by Gasteiger charge is 2.22. The van der Waals surface area contributed by atoms with Crippen molar-refractivity contribution >= 4 is 13.3 Å². The van der Waals surface area contributed by atoms with E-state index in [1.165, 1.54) is 6.42 Å². The van der Waals surface area contributed by atoms with Gasteiger partial charge in [-0.1, -0.05) is 40.4 Å². The average Bonchev–Trinajstić information content (AvgIpc) is 1.88. The maximum atomic E-state index is 2.52. The molecule has 0 aromatic heterocycles. The van der Waals surface area contributed by atoms with Crippen LogP contribution in [0.1, 0.15) is 41.0 Å². The lowest BCUT2D eigenvalue weighted by Crippen LogP contribution is -2.22. The van der Waals surface area contributed by atoms with Crippen molar-refractivity contribution in [2.75, 3.05) is 6.66 Å². The summed E-state index contributed by atoms with van der Waals surface area (Å²) in [6.45, 7) is 14.1. The van der Waals surface area contributed by atoms with Crippen LogP contribution >= 0.6 is 7.55 Å². The Morgan fingerprint density at radius 1 is 1.36 bits per heavy atom. The summed E-state index contributed by atoms with van der Waals surface area (Å²) in [6, 6.07) is 0. The highest BCUT2D eigenvalue weighted by molar-refractivity contribution is 7.58. The molecule has 0 aliphatic carbocycles. The van der Waals surface area contributed by atoms with Crippen LogP contribution in [0, 0.1) is 5.92 Å². The van der Waals surface area contributed by atoms with Crippen molar-refractivity contribution in [2.45, 2.75) is 46.2 Å². The third kappa shape index (κ3) is 3.03. The van der Waals surface area contributed by atoms with Gasteiger partial charge >= 0.3 is 0 Å². The molecule has 0 bridgehead atoms. The zero-order valence-electron chi connectivity index (χ0n) is 8.86. The molecule has 0 amide bonds. The van der Waals surface area contributed by atoms with E-state index in [0.29, 0.717) is 5.16 Å². The van der Waals surface area contributed by atoms with Crippen LogP contribution in [0.4, 0.5) is 0 Å². The van der Waals surface area contributed by atoms with Crippen LogP contribution in [0.25, 0.3) is 0 Å². The third-order valence-electron chi connectivity index (χ3n) is 2.97. The SMILES string of the molecule is CC/C=[PH](\C)C(C)(C)C(C)C. The molecule has 0 aromatic rings. The molecule has 0 aromatic carbocycles. The first-order valence-electron chi connectivity index (χ1n) is 4.60. The summed E-state index contributed by atoms with van der Waals surface area (Å²) in [5.41, 5.74) is 0. The van der Waals surface area contributed by atoms with E-state index < -0.39 is 0 Å². The maximum Gasteiger partial charge on any atom is -0.0160 e. The lowest BCUT2D eigenvalue weighted by Gasteiger charge is -2.31. The van der Waals surface area contributed by atoms with Crippen LogP contribution < -0.4 is 0 Å². The highest BCUT2D eigenvalue weighted by atomic mass is 31.1. The molecule has 0 spiro atoms. The highest BCUT2D eigenvalue weighted by Crippen LogP contribution is 2.41. The Balaban J connectivity index is 4.41. The molecule has 0 rings (SSSR count). The minimum absolute atomic E-state index is 0.241. The van der Waals surface area contributed by atoms with Gasteiger partial charge in [-0.15, -0.1) is 7.55 Å². The minimum atomic E-state index is -0.241. The van der Waals surface area contributed by atoms with E-state index in [9.17, 15) is 0 Å². The number of hydrogen-bond donors (Lipinski definition) is 0. The van der Waals surface area contributed by atoms with Gasteiger partial charge in [0, 0.05) is 0 Å². The monoisotopic (exact) mass is 174 g/mol. The molecule has 0 radical (unpaired) electrons. The van der Waals surface area contributed by atoms with Crippen molar-refractivity contribution in [3.63, 3.8) is 0 Å². The fourth-order valence-corrected chi connectivity index (χ4v) is 3.07. The van der Waals surface area contributed by atoms with E-state index in [1.54, 1.807) is 0 Å². The van der Waals surface area contributed by atoms with Crippen LogP contribution in [-0.4, -0.2) is 17.6 Å². The van der Waals surface area contributed by atoms with E-state index in [1.807, 2.05) is 0 Å². The van der Waals surface area contributed by atoms with Gasteiger partial charge < -0.3 is 0 Å². The lowest BCUT2D eigenvalue weighted by molar-refractivity contribution is 0.498. The second-order valence-corrected chi connectivity index (χ2v) is 7.23.